The van der Waals surface area contributed by atoms with E-state index in [1.165, 1.54) is 0 Å². The van der Waals surface area contributed by atoms with E-state index in [-0.39, 0.29) is 0 Å². The Bertz CT molecular complexity index is 558. The van der Waals surface area contributed by atoms with Crippen LogP contribution in [-0.4, -0.2) is 40.0 Å². The van der Waals surface area contributed by atoms with E-state index in [2.05, 4.69) is 60.0 Å². The molecule has 0 amide bonds. The molecule has 1 heterocycles. The smallest absolute Gasteiger partial charge is 0.129 e. The van der Waals surface area contributed by atoms with Crippen LogP contribution in [0.3, 0.4) is 0 Å². The van der Waals surface area contributed by atoms with Gasteiger partial charge >= 0.3 is 0 Å². The molecule has 4 nitrogen and oxygen atoms in total. The lowest BCUT2D eigenvalue weighted by Gasteiger charge is -2.30. The lowest BCUT2D eigenvalue weighted by atomic mass is 10.1. The quantitative estimate of drug-likeness (QED) is 0.846. The highest BCUT2D eigenvalue weighted by Gasteiger charge is 2.12. The molecule has 1 N–H and O–H groups in total. The van der Waals surface area contributed by atoms with Crippen molar-refractivity contribution >= 4 is 5.82 Å². The number of benzene rings is 1. The Kier molecular flexibility index (Phi) is 5.90. The number of nitrogens with one attached hydrogen (secondary N) is 1. The second-order valence-corrected chi connectivity index (χ2v) is 6.01. The molecule has 0 atom stereocenters. The molecule has 1 aromatic heterocycles. The Morgan fingerprint density at radius 3 is 2.32 bits per heavy atom. The van der Waals surface area contributed by atoms with Gasteiger partial charge in [-0.3, -0.25) is 4.90 Å². The van der Waals surface area contributed by atoms with Gasteiger partial charge in [-0.1, -0.05) is 30.3 Å². The number of nitrogens with zero attached hydrogens (tertiary/aromatic N) is 3. The Hall–Kier alpha value is -1.94. The molecule has 0 saturated carbocycles. The Labute approximate surface area is 133 Å². The van der Waals surface area contributed by atoms with Gasteiger partial charge in [0.05, 0.1) is 5.69 Å². The number of hydrogen-bond donors (Lipinski definition) is 1. The van der Waals surface area contributed by atoms with Crippen LogP contribution in [0.5, 0.6) is 0 Å². The minimum Gasteiger partial charge on any atom is -0.369 e. The molecule has 2 aromatic rings. The van der Waals surface area contributed by atoms with Crippen molar-refractivity contribution in [2.45, 2.75) is 39.8 Å². The molecule has 0 aliphatic rings. The molecule has 0 aliphatic heterocycles. The maximum atomic E-state index is 4.35. The van der Waals surface area contributed by atoms with Crippen molar-refractivity contribution in [3.8, 4) is 11.3 Å². The first-order chi connectivity index (χ1) is 10.6. The highest BCUT2D eigenvalue weighted by molar-refractivity contribution is 5.61. The zero-order chi connectivity index (χ0) is 15.9. The predicted molar refractivity (Wildman–Crippen MR) is 92.9 cm³/mol. The van der Waals surface area contributed by atoms with Gasteiger partial charge in [0.2, 0.25) is 0 Å². The van der Waals surface area contributed by atoms with Crippen molar-refractivity contribution in [3.63, 3.8) is 0 Å². The van der Waals surface area contributed by atoms with E-state index in [9.17, 15) is 0 Å². The molecule has 4 heteroatoms. The summed E-state index contributed by atoms with van der Waals surface area (Å²) in [5.74, 6) is 0.876. The highest BCUT2D eigenvalue weighted by atomic mass is 15.2. The van der Waals surface area contributed by atoms with Gasteiger partial charge in [-0.25, -0.2) is 9.97 Å². The molecule has 0 fully saturated rings. The molecule has 1 aromatic carbocycles. The van der Waals surface area contributed by atoms with Gasteiger partial charge in [0, 0.05) is 36.8 Å². The molecule has 118 valence electrons. The van der Waals surface area contributed by atoms with Crippen molar-refractivity contribution < 1.29 is 0 Å². The van der Waals surface area contributed by atoms with Crippen molar-refractivity contribution in [1.82, 2.24) is 14.9 Å². The van der Waals surface area contributed by atoms with E-state index < -0.39 is 0 Å². The third kappa shape index (κ3) is 4.53. The van der Waals surface area contributed by atoms with Crippen LogP contribution in [0.25, 0.3) is 11.3 Å². The average Bonchev–Trinajstić information content (AvgIpc) is 2.52. The van der Waals surface area contributed by atoms with E-state index in [0.29, 0.717) is 12.1 Å². The van der Waals surface area contributed by atoms with Crippen molar-refractivity contribution in [3.05, 3.63) is 42.7 Å². The summed E-state index contributed by atoms with van der Waals surface area (Å²) in [6.07, 6.45) is 1.62. The summed E-state index contributed by atoms with van der Waals surface area (Å²) < 4.78 is 0. The standard InChI is InChI=1S/C18H26N4/c1-14(2)22(15(3)4)11-10-19-18-12-17(20-13-21-18)16-8-6-5-7-9-16/h5-9,12-15H,10-11H2,1-4H3,(H,19,20,21). The first kappa shape index (κ1) is 16.4. The van der Waals surface area contributed by atoms with Crippen LogP contribution in [0.4, 0.5) is 5.82 Å². The van der Waals surface area contributed by atoms with Gasteiger partial charge in [-0.15, -0.1) is 0 Å². The SMILES string of the molecule is CC(C)N(CCNc1cc(-c2ccccc2)ncn1)C(C)C. The monoisotopic (exact) mass is 298 g/mol. The Morgan fingerprint density at radius 1 is 1.00 bits per heavy atom. The fraction of sp³-hybridized carbons (Fsp3) is 0.444. The van der Waals surface area contributed by atoms with Crippen molar-refractivity contribution in [2.24, 2.45) is 0 Å². The molecule has 0 spiro atoms. The predicted octanol–water partition coefficient (Wildman–Crippen LogP) is 3.67. The van der Waals surface area contributed by atoms with Gasteiger partial charge in [-0.2, -0.15) is 0 Å². The average molecular weight is 298 g/mol. The highest BCUT2D eigenvalue weighted by Crippen LogP contribution is 2.17. The molecule has 0 bridgehead atoms. The molecule has 0 saturated heterocycles. The summed E-state index contributed by atoms with van der Waals surface area (Å²) in [7, 11) is 0. The van der Waals surface area contributed by atoms with Gasteiger partial charge < -0.3 is 5.32 Å². The molecule has 22 heavy (non-hydrogen) atoms. The molecule has 0 radical (unpaired) electrons. The largest absolute Gasteiger partial charge is 0.369 e. The maximum Gasteiger partial charge on any atom is 0.129 e. The van der Waals surface area contributed by atoms with Crippen molar-refractivity contribution in [1.29, 1.82) is 0 Å². The third-order valence-corrected chi connectivity index (χ3v) is 3.74. The van der Waals surface area contributed by atoms with E-state index in [0.717, 1.165) is 30.2 Å². The van der Waals surface area contributed by atoms with Gasteiger partial charge in [0.25, 0.3) is 0 Å². The summed E-state index contributed by atoms with van der Waals surface area (Å²) in [4.78, 5) is 11.1. The lowest BCUT2D eigenvalue weighted by molar-refractivity contribution is 0.182. The van der Waals surface area contributed by atoms with E-state index >= 15 is 0 Å². The summed E-state index contributed by atoms with van der Waals surface area (Å²) in [6, 6.07) is 13.3. The van der Waals surface area contributed by atoms with E-state index in [1.54, 1.807) is 6.33 Å². The minimum absolute atomic E-state index is 0.548. The molecular weight excluding hydrogens is 272 g/mol. The lowest BCUT2D eigenvalue weighted by Crippen LogP contribution is -2.40. The first-order valence-corrected chi connectivity index (χ1v) is 7.95. The van der Waals surface area contributed by atoms with Crippen LogP contribution >= 0.6 is 0 Å². The second kappa shape index (κ2) is 7.90. The Morgan fingerprint density at radius 2 is 1.68 bits per heavy atom. The summed E-state index contributed by atoms with van der Waals surface area (Å²) in [5, 5.41) is 3.40. The topological polar surface area (TPSA) is 41.0 Å². The number of hydrogen-bond acceptors (Lipinski definition) is 4. The van der Waals surface area contributed by atoms with Gasteiger partial charge in [0.1, 0.15) is 12.1 Å². The zero-order valence-corrected chi connectivity index (χ0v) is 14.0. The first-order valence-electron chi connectivity index (χ1n) is 7.95. The fourth-order valence-electron chi connectivity index (χ4n) is 2.65. The van der Waals surface area contributed by atoms with Gasteiger partial charge in [0.15, 0.2) is 0 Å². The van der Waals surface area contributed by atoms with Crippen LogP contribution in [0.15, 0.2) is 42.7 Å². The fourth-order valence-corrected chi connectivity index (χ4v) is 2.65. The molecule has 0 unspecified atom stereocenters. The van der Waals surface area contributed by atoms with Crippen LogP contribution in [-0.2, 0) is 0 Å². The summed E-state index contributed by atoms with van der Waals surface area (Å²) in [6.45, 7) is 10.8. The molecule has 2 rings (SSSR count). The minimum atomic E-state index is 0.548. The molecular formula is C18H26N4. The third-order valence-electron chi connectivity index (χ3n) is 3.74. The summed E-state index contributed by atoms with van der Waals surface area (Å²) in [5.41, 5.74) is 2.06. The van der Waals surface area contributed by atoms with Crippen LogP contribution in [0.1, 0.15) is 27.7 Å². The van der Waals surface area contributed by atoms with Gasteiger partial charge in [-0.05, 0) is 27.7 Å². The number of rotatable bonds is 7. The van der Waals surface area contributed by atoms with Crippen LogP contribution < -0.4 is 5.32 Å². The molecule has 0 aliphatic carbocycles. The number of aromatic nitrogens is 2. The second-order valence-electron chi connectivity index (χ2n) is 6.01. The zero-order valence-electron chi connectivity index (χ0n) is 14.0. The van der Waals surface area contributed by atoms with E-state index in [4.69, 9.17) is 0 Å². The normalized spacial score (nSPS) is 11.4. The number of anilines is 1. The maximum absolute atomic E-state index is 4.35. The van der Waals surface area contributed by atoms with Crippen molar-refractivity contribution in [2.75, 3.05) is 18.4 Å². The van der Waals surface area contributed by atoms with E-state index in [1.807, 2.05) is 24.3 Å². The van der Waals surface area contributed by atoms with Crippen LogP contribution in [0.2, 0.25) is 0 Å². The summed E-state index contributed by atoms with van der Waals surface area (Å²) >= 11 is 0. The Balaban J connectivity index is 1.97. The van der Waals surface area contributed by atoms with Crippen LogP contribution in [0, 0.1) is 0 Å².